The molecule has 0 aliphatic heterocycles. The average molecular weight is 366 g/mol. The van der Waals surface area contributed by atoms with Crippen molar-refractivity contribution in [3.05, 3.63) is 24.3 Å². The first-order valence-electron chi connectivity index (χ1n) is 8.15. The van der Waals surface area contributed by atoms with E-state index in [1.165, 1.54) is 12.2 Å². The molecule has 0 aromatic heterocycles. The number of hydrogen-bond donors (Lipinski definition) is 2. The Kier molecular flexibility index (Phi) is 6.35. The highest BCUT2D eigenvalue weighted by atomic mass is 16.6. The Balaban J connectivity index is 3.26. The summed E-state index contributed by atoms with van der Waals surface area (Å²) >= 11 is 0. The second-order valence-corrected chi connectivity index (χ2v) is 7.84. The number of carboxylic acids is 1. The number of ether oxygens (including phenoxy) is 2. The maximum atomic E-state index is 12.1. The number of nitrogens with one attached hydrogen (secondary N) is 1. The van der Waals surface area contributed by atoms with Gasteiger partial charge in [-0.25, -0.2) is 9.59 Å². The van der Waals surface area contributed by atoms with Gasteiger partial charge < -0.3 is 14.6 Å². The Morgan fingerprint density at radius 2 is 1.62 bits per heavy atom. The molecule has 0 heterocycles. The van der Waals surface area contributed by atoms with E-state index < -0.39 is 34.8 Å². The molecule has 0 radical (unpaired) electrons. The summed E-state index contributed by atoms with van der Waals surface area (Å²) in [5.74, 6) is -1.63. The number of amides is 2. The minimum atomic E-state index is -1.71. The molecule has 26 heavy (non-hydrogen) atoms. The molecule has 2 N–H and O–H groups in total. The number of alkyl carbamates (subject to hydrolysis) is 1. The van der Waals surface area contributed by atoms with Gasteiger partial charge in [-0.05, 0) is 48.0 Å². The summed E-state index contributed by atoms with van der Waals surface area (Å²) in [6, 6.07) is 0. The van der Waals surface area contributed by atoms with E-state index in [0.717, 1.165) is 0 Å². The molecule has 1 unspecified atom stereocenters. The lowest BCUT2D eigenvalue weighted by molar-refractivity contribution is -0.142. The summed E-state index contributed by atoms with van der Waals surface area (Å²) in [6.45, 7) is 9.93. The molecule has 8 heteroatoms. The van der Waals surface area contributed by atoms with Gasteiger partial charge in [0.25, 0.3) is 0 Å². The second-order valence-electron chi connectivity index (χ2n) is 7.84. The molecule has 1 atom stereocenters. The Hall–Kier alpha value is -2.64. The minimum absolute atomic E-state index is 0.0102. The van der Waals surface area contributed by atoms with Gasteiger partial charge in [-0.2, -0.15) is 4.99 Å². The Bertz CT molecular complexity index is 664. The molecule has 1 aliphatic carbocycles. The Morgan fingerprint density at radius 3 is 2.04 bits per heavy atom. The molecule has 0 aromatic rings. The number of carboxylic acid groups (broad SMARTS) is 1. The number of nitrogens with zero attached hydrogens (tertiary/aromatic N) is 1. The molecular formula is C18H26N2O6. The quantitative estimate of drug-likeness (QED) is 0.571. The van der Waals surface area contributed by atoms with Gasteiger partial charge in [0.05, 0.1) is 0 Å². The van der Waals surface area contributed by atoms with E-state index in [0.29, 0.717) is 0 Å². The van der Waals surface area contributed by atoms with Crippen molar-refractivity contribution in [2.45, 2.75) is 59.2 Å². The molecule has 2 amide bonds. The molecule has 0 fully saturated rings. The average Bonchev–Trinajstić information content (AvgIpc) is 2.43. The van der Waals surface area contributed by atoms with Crippen LogP contribution in [0.25, 0.3) is 0 Å². The van der Waals surface area contributed by atoms with Crippen molar-refractivity contribution in [2.24, 2.45) is 10.4 Å². The fourth-order valence-electron chi connectivity index (χ4n) is 2.07. The smallest absolute Gasteiger partial charge is 0.435 e. The standard InChI is InChI=1S/C18H26N2O6/c1-16(2,3)25-14(23)19-12(20-15(24)26-17(4,5)6)18(13(21)22)10-8-7-9-11-18/h7-10H,11H2,1-6H3,(H,21,22)(H,19,20,23,24). The number of carbonyl (C=O) groups excluding carboxylic acids is 2. The third-order valence-electron chi connectivity index (χ3n) is 3.09. The molecule has 144 valence electrons. The van der Waals surface area contributed by atoms with Gasteiger partial charge in [-0.3, -0.25) is 10.1 Å². The van der Waals surface area contributed by atoms with Gasteiger partial charge in [0.15, 0.2) is 0 Å². The van der Waals surface area contributed by atoms with Crippen LogP contribution in [0.5, 0.6) is 0 Å². The lowest BCUT2D eigenvalue weighted by Gasteiger charge is -2.29. The van der Waals surface area contributed by atoms with Crippen molar-refractivity contribution >= 4 is 24.0 Å². The van der Waals surface area contributed by atoms with E-state index in [9.17, 15) is 19.5 Å². The van der Waals surface area contributed by atoms with Gasteiger partial charge in [0.2, 0.25) is 0 Å². The summed E-state index contributed by atoms with van der Waals surface area (Å²) in [5.41, 5.74) is -3.33. The van der Waals surface area contributed by atoms with Gasteiger partial charge >= 0.3 is 18.2 Å². The summed E-state index contributed by atoms with van der Waals surface area (Å²) in [7, 11) is 0. The number of rotatable bonds is 2. The third-order valence-corrected chi connectivity index (χ3v) is 3.09. The zero-order valence-corrected chi connectivity index (χ0v) is 16.0. The number of allylic oxidation sites excluding steroid dienone is 3. The van der Waals surface area contributed by atoms with Crippen molar-refractivity contribution in [2.75, 3.05) is 0 Å². The first-order chi connectivity index (χ1) is 11.8. The summed E-state index contributed by atoms with van der Waals surface area (Å²) in [6.07, 6.45) is 4.23. The highest BCUT2D eigenvalue weighted by molar-refractivity contribution is 6.14. The van der Waals surface area contributed by atoms with Crippen LogP contribution < -0.4 is 5.32 Å². The van der Waals surface area contributed by atoms with Crippen LogP contribution in [0.3, 0.4) is 0 Å². The largest absolute Gasteiger partial charge is 0.480 e. The maximum absolute atomic E-state index is 12.1. The van der Waals surface area contributed by atoms with Crippen LogP contribution in [0, 0.1) is 5.41 Å². The van der Waals surface area contributed by atoms with E-state index in [2.05, 4.69) is 10.3 Å². The van der Waals surface area contributed by atoms with Crippen molar-refractivity contribution in [1.29, 1.82) is 0 Å². The molecule has 0 saturated heterocycles. The van der Waals surface area contributed by atoms with Crippen LogP contribution >= 0.6 is 0 Å². The normalized spacial score (nSPS) is 20.5. The van der Waals surface area contributed by atoms with Gasteiger partial charge in [0, 0.05) is 0 Å². The zero-order valence-electron chi connectivity index (χ0n) is 16.0. The first kappa shape index (κ1) is 21.4. The van der Waals surface area contributed by atoms with Crippen molar-refractivity contribution < 1.29 is 29.0 Å². The van der Waals surface area contributed by atoms with Crippen molar-refractivity contribution in [1.82, 2.24) is 5.32 Å². The minimum Gasteiger partial charge on any atom is -0.480 e. The monoisotopic (exact) mass is 366 g/mol. The van der Waals surface area contributed by atoms with Gasteiger partial charge in [-0.15, -0.1) is 0 Å². The zero-order chi connectivity index (χ0) is 20.2. The SMILES string of the molecule is CC(C)(C)OC(=O)N=C(NC(=O)OC(C)(C)C)C1(C(=O)O)C=CC=CC1. The summed E-state index contributed by atoms with van der Waals surface area (Å²) < 4.78 is 10.3. The van der Waals surface area contributed by atoms with E-state index >= 15 is 0 Å². The van der Waals surface area contributed by atoms with Gasteiger partial charge in [-0.1, -0.05) is 24.3 Å². The molecule has 8 nitrogen and oxygen atoms in total. The third kappa shape index (κ3) is 6.34. The molecule has 0 saturated carbocycles. The van der Waals surface area contributed by atoms with Crippen LogP contribution in [-0.2, 0) is 14.3 Å². The Morgan fingerprint density at radius 1 is 1.04 bits per heavy atom. The molecule has 0 spiro atoms. The predicted molar refractivity (Wildman–Crippen MR) is 96.0 cm³/mol. The molecule has 0 aromatic carbocycles. The molecule has 0 bridgehead atoms. The van der Waals surface area contributed by atoms with Crippen LogP contribution in [0.15, 0.2) is 29.3 Å². The van der Waals surface area contributed by atoms with E-state index in [1.54, 1.807) is 53.7 Å². The van der Waals surface area contributed by atoms with Crippen molar-refractivity contribution in [3.63, 3.8) is 0 Å². The topological polar surface area (TPSA) is 114 Å². The fraction of sp³-hybridized carbons (Fsp3) is 0.556. The first-order valence-corrected chi connectivity index (χ1v) is 8.15. The highest BCUT2D eigenvalue weighted by Crippen LogP contribution is 2.30. The lowest BCUT2D eigenvalue weighted by Crippen LogP contribution is -2.49. The van der Waals surface area contributed by atoms with Gasteiger partial charge in [0.1, 0.15) is 22.5 Å². The van der Waals surface area contributed by atoms with Crippen LogP contribution in [0.1, 0.15) is 48.0 Å². The lowest BCUT2D eigenvalue weighted by atomic mass is 9.80. The molecular weight excluding hydrogens is 340 g/mol. The van der Waals surface area contributed by atoms with E-state index in [-0.39, 0.29) is 12.3 Å². The molecule has 1 aliphatic rings. The van der Waals surface area contributed by atoms with Crippen LogP contribution in [0.4, 0.5) is 9.59 Å². The van der Waals surface area contributed by atoms with E-state index in [4.69, 9.17) is 9.47 Å². The van der Waals surface area contributed by atoms with E-state index in [1.807, 2.05) is 0 Å². The summed E-state index contributed by atoms with van der Waals surface area (Å²) in [5, 5.41) is 12.0. The predicted octanol–water partition coefficient (Wildman–Crippen LogP) is 3.43. The number of aliphatic carboxylic acids is 1. The number of aliphatic imine (C=N–C) groups is 1. The highest BCUT2D eigenvalue weighted by Gasteiger charge is 2.43. The van der Waals surface area contributed by atoms with Crippen molar-refractivity contribution in [3.8, 4) is 0 Å². The number of amidine groups is 1. The number of hydrogen-bond acceptors (Lipinski definition) is 5. The molecule has 1 rings (SSSR count). The second kappa shape index (κ2) is 7.72. The Labute approximate surface area is 153 Å². The number of carbonyl (C=O) groups is 3. The summed E-state index contributed by atoms with van der Waals surface area (Å²) in [4.78, 5) is 39.9. The maximum Gasteiger partial charge on any atom is 0.435 e. The van der Waals surface area contributed by atoms with Crippen LogP contribution in [0.2, 0.25) is 0 Å². The fourth-order valence-corrected chi connectivity index (χ4v) is 2.07. The van der Waals surface area contributed by atoms with Crippen LogP contribution in [-0.4, -0.2) is 40.3 Å².